The van der Waals surface area contributed by atoms with E-state index in [1.165, 1.54) is 24.3 Å². The first-order chi connectivity index (χ1) is 15.4. The van der Waals surface area contributed by atoms with Crippen LogP contribution in [0.2, 0.25) is 0 Å². The first kappa shape index (κ1) is 21.9. The van der Waals surface area contributed by atoms with Crippen LogP contribution in [-0.4, -0.2) is 16.9 Å². The van der Waals surface area contributed by atoms with Crippen LogP contribution in [0.5, 0.6) is 5.75 Å². The molecular weight excluding hydrogens is 495 g/mol. The van der Waals surface area contributed by atoms with Crippen molar-refractivity contribution in [2.45, 2.75) is 6.61 Å². The van der Waals surface area contributed by atoms with Gasteiger partial charge in [-0.15, -0.1) is 0 Å². The van der Waals surface area contributed by atoms with Gasteiger partial charge in [0.2, 0.25) is 0 Å². The number of hydrogen-bond donors (Lipinski definition) is 1. The van der Waals surface area contributed by atoms with Crippen LogP contribution < -0.4 is 15.0 Å². The van der Waals surface area contributed by atoms with E-state index in [9.17, 15) is 14.0 Å². The highest BCUT2D eigenvalue weighted by atomic mass is 79.9. The summed E-state index contributed by atoms with van der Waals surface area (Å²) in [6.45, 7) is 0.310. The molecule has 0 spiro atoms. The molecule has 3 aromatic carbocycles. The van der Waals surface area contributed by atoms with Crippen molar-refractivity contribution in [3.63, 3.8) is 0 Å². The monoisotopic (exact) mass is 510 g/mol. The van der Waals surface area contributed by atoms with Gasteiger partial charge < -0.3 is 4.74 Å². The fourth-order valence-corrected chi connectivity index (χ4v) is 3.82. The number of nitrogens with one attached hydrogen (secondary N) is 1. The second kappa shape index (κ2) is 9.42. The van der Waals surface area contributed by atoms with Crippen LogP contribution in [-0.2, 0) is 16.2 Å². The van der Waals surface area contributed by atoms with Gasteiger partial charge in [0.15, 0.2) is 5.11 Å². The molecule has 160 valence electrons. The zero-order valence-electron chi connectivity index (χ0n) is 16.5. The van der Waals surface area contributed by atoms with Crippen LogP contribution >= 0.6 is 28.1 Å². The van der Waals surface area contributed by atoms with Crippen molar-refractivity contribution in [2.24, 2.45) is 0 Å². The second-order valence-electron chi connectivity index (χ2n) is 6.87. The molecule has 1 aliphatic rings. The van der Waals surface area contributed by atoms with E-state index in [2.05, 4.69) is 21.2 Å². The van der Waals surface area contributed by atoms with E-state index in [-0.39, 0.29) is 16.4 Å². The number of carbonyl (C=O) groups excluding carboxylic acids is 2. The summed E-state index contributed by atoms with van der Waals surface area (Å²) in [5.74, 6) is -1.54. The molecule has 1 saturated heterocycles. The van der Waals surface area contributed by atoms with E-state index in [0.29, 0.717) is 17.9 Å². The maximum absolute atomic E-state index is 14.3. The van der Waals surface area contributed by atoms with Crippen LogP contribution in [0.15, 0.2) is 82.8 Å². The largest absolute Gasteiger partial charge is 0.488 e. The number of benzene rings is 3. The maximum atomic E-state index is 14.3. The van der Waals surface area contributed by atoms with Crippen LogP contribution in [0.1, 0.15) is 11.1 Å². The Morgan fingerprint density at radius 3 is 2.50 bits per heavy atom. The van der Waals surface area contributed by atoms with Crippen molar-refractivity contribution < 1.29 is 18.7 Å². The van der Waals surface area contributed by atoms with Gasteiger partial charge in [0.25, 0.3) is 11.8 Å². The maximum Gasteiger partial charge on any atom is 0.270 e. The Bertz CT molecular complexity index is 1250. The Kier molecular flexibility index (Phi) is 6.43. The van der Waals surface area contributed by atoms with Crippen molar-refractivity contribution >= 4 is 56.8 Å². The molecule has 1 fully saturated rings. The summed E-state index contributed by atoms with van der Waals surface area (Å²) in [6.07, 6.45) is 1.42. The molecule has 5 nitrogen and oxygen atoms in total. The molecule has 0 unspecified atom stereocenters. The summed E-state index contributed by atoms with van der Waals surface area (Å²) in [4.78, 5) is 26.7. The number of thiocarbonyl (C=S) groups is 1. The van der Waals surface area contributed by atoms with Crippen LogP contribution in [0.3, 0.4) is 0 Å². The van der Waals surface area contributed by atoms with Gasteiger partial charge in [0.05, 0.1) is 5.69 Å². The van der Waals surface area contributed by atoms with Crippen molar-refractivity contribution in [3.05, 3.63) is 99.8 Å². The second-order valence-corrected chi connectivity index (χ2v) is 8.17. The number of nitrogens with zero attached hydrogens (tertiary/aromatic N) is 1. The lowest BCUT2D eigenvalue weighted by Crippen LogP contribution is -2.54. The molecule has 0 atom stereocenters. The van der Waals surface area contributed by atoms with Gasteiger partial charge in [-0.3, -0.25) is 14.9 Å². The quantitative estimate of drug-likeness (QED) is 0.298. The Labute approximate surface area is 197 Å². The molecule has 0 bridgehead atoms. The average molecular weight is 511 g/mol. The predicted molar refractivity (Wildman–Crippen MR) is 128 cm³/mol. The number of para-hydroxylation sites is 1. The van der Waals surface area contributed by atoms with Gasteiger partial charge in [-0.2, -0.15) is 0 Å². The lowest BCUT2D eigenvalue weighted by atomic mass is 10.1. The lowest BCUT2D eigenvalue weighted by Gasteiger charge is -2.29. The lowest BCUT2D eigenvalue weighted by molar-refractivity contribution is -0.122. The number of amides is 2. The average Bonchev–Trinajstić information content (AvgIpc) is 2.78. The van der Waals surface area contributed by atoms with Gasteiger partial charge in [-0.05, 0) is 54.2 Å². The standard InChI is InChI=1S/C24H16BrFN2O3S/c25-17-10-11-21(31-14-15-6-2-1-3-7-15)16(12-17)13-18-22(29)27-24(32)28(23(18)30)20-9-5-4-8-19(20)26/h1-13H,14H2,(H,27,29,32)/b18-13+. The van der Waals surface area contributed by atoms with E-state index in [1.54, 1.807) is 24.3 Å². The highest BCUT2D eigenvalue weighted by Crippen LogP contribution is 2.29. The molecule has 8 heteroatoms. The minimum atomic E-state index is -0.724. The molecular formula is C24H16BrFN2O3S. The summed E-state index contributed by atoms with van der Waals surface area (Å²) in [5, 5.41) is 2.27. The molecule has 32 heavy (non-hydrogen) atoms. The first-order valence-electron chi connectivity index (χ1n) is 9.56. The molecule has 0 radical (unpaired) electrons. The van der Waals surface area contributed by atoms with Crippen LogP contribution in [0, 0.1) is 5.82 Å². The van der Waals surface area contributed by atoms with Crippen LogP contribution in [0.4, 0.5) is 10.1 Å². The van der Waals surface area contributed by atoms with E-state index in [1.807, 2.05) is 30.3 Å². The minimum absolute atomic E-state index is 0.0387. The Morgan fingerprint density at radius 2 is 1.75 bits per heavy atom. The van der Waals surface area contributed by atoms with Crippen LogP contribution in [0.25, 0.3) is 6.08 Å². The third-order valence-electron chi connectivity index (χ3n) is 4.70. The number of anilines is 1. The molecule has 0 saturated carbocycles. The third kappa shape index (κ3) is 4.61. The van der Waals surface area contributed by atoms with E-state index in [4.69, 9.17) is 17.0 Å². The SMILES string of the molecule is O=C1NC(=S)N(c2ccccc2F)C(=O)/C1=C/c1cc(Br)ccc1OCc1ccccc1. The summed E-state index contributed by atoms with van der Waals surface area (Å²) in [5.41, 5.74) is 1.25. The van der Waals surface area contributed by atoms with Gasteiger partial charge in [0.1, 0.15) is 23.7 Å². The van der Waals surface area contributed by atoms with Gasteiger partial charge in [-0.1, -0.05) is 58.4 Å². The molecule has 2 amide bonds. The molecule has 1 N–H and O–H groups in total. The number of hydrogen-bond acceptors (Lipinski definition) is 4. The van der Waals surface area contributed by atoms with Crippen molar-refractivity contribution in [1.82, 2.24) is 5.32 Å². The fraction of sp³-hybridized carbons (Fsp3) is 0.0417. The zero-order chi connectivity index (χ0) is 22.7. The molecule has 0 aromatic heterocycles. The van der Waals surface area contributed by atoms with Crippen molar-refractivity contribution in [3.8, 4) is 5.75 Å². The number of halogens is 2. The van der Waals surface area contributed by atoms with Gasteiger partial charge in [-0.25, -0.2) is 9.29 Å². The first-order valence-corrected chi connectivity index (χ1v) is 10.8. The van der Waals surface area contributed by atoms with Gasteiger partial charge >= 0.3 is 0 Å². The summed E-state index contributed by atoms with van der Waals surface area (Å²) < 4.78 is 21.0. The number of rotatable bonds is 5. The van der Waals surface area contributed by atoms with E-state index in [0.717, 1.165) is 14.9 Å². The minimum Gasteiger partial charge on any atom is -0.488 e. The summed E-state index contributed by atoms with van der Waals surface area (Å²) >= 11 is 8.53. The summed E-state index contributed by atoms with van der Waals surface area (Å²) in [7, 11) is 0. The Hall–Kier alpha value is -3.36. The third-order valence-corrected chi connectivity index (χ3v) is 5.48. The Balaban J connectivity index is 1.69. The van der Waals surface area contributed by atoms with Gasteiger partial charge in [0, 0.05) is 10.0 Å². The molecule has 0 aliphatic carbocycles. The highest BCUT2D eigenvalue weighted by Gasteiger charge is 2.35. The predicted octanol–water partition coefficient (Wildman–Crippen LogP) is 5.00. The molecule has 1 aliphatic heterocycles. The van der Waals surface area contributed by atoms with E-state index >= 15 is 0 Å². The number of ether oxygens (including phenoxy) is 1. The highest BCUT2D eigenvalue weighted by molar-refractivity contribution is 9.10. The Morgan fingerprint density at radius 1 is 1.03 bits per heavy atom. The van der Waals surface area contributed by atoms with E-state index < -0.39 is 17.6 Å². The zero-order valence-corrected chi connectivity index (χ0v) is 19.0. The van der Waals surface area contributed by atoms with Crippen molar-refractivity contribution in [1.29, 1.82) is 0 Å². The topological polar surface area (TPSA) is 58.6 Å². The summed E-state index contributed by atoms with van der Waals surface area (Å²) in [6, 6.07) is 20.6. The molecule has 1 heterocycles. The normalized spacial score (nSPS) is 15.1. The van der Waals surface area contributed by atoms with Crippen molar-refractivity contribution in [2.75, 3.05) is 4.90 Å². The molecule has 4 rings (SSSR count). The smallest absolute Gasteiger partial charge is 0.270 e. The fourth-order valence-electron chi connectivity index (χ4n) is 3.16. The molecule has 3 aromatic rings. The number of carbonyl (C=O) groups is 2.